The number of aromatic nitrogens is 2. The molecule has 2 aromatic heterocycles. The van der Waals surface area contributed by atoms with Crippen LogP contribution in [-0.4, -0.2) is 21.8 Å². The zero-order valence-electron chi connectivity index (χ0n) is 13.8. The third-order valence-electron chi connectivity index (χ3n) is 3.61. The van der Waals surface area contributed by atoms with Crippen molar-refractivity contribution in [1.82, 2.24) is 14.7 Å². The SMILES string of the molecule is CCNC(=O)c1c(C)sc2nc(CNc3ccc(F)cc3)cc(=O)n12. The summed E-state index contributed by atoms with van der Waals surface area (Å²) in [6.45, 7) is 4.42. The third kappa shape index (κ3) is 3.53. The van der Waals surface area contributed by atoms with E-state index in [1.54, 1.807) is 19.1 Å². The summed E-state index contributed by atoms with van der Waals surface area (Å²) in [4.78, 5) is 30.3. The van der Waals surface area contributed by atoms with Gasteiger partial charge in [-0.05, 0) is 38.1 Å². The molecule has 130 valence electrons. The van der Waals surface area contributed by atoms with Crippen LogP contribution in [0.2, 0.25) is 0 Å². The van der Waals surface area contributed by atoms with E-state index in [1.165, 1.54) is 33.9 Å². The van der Waals surface area contributed by atoms with Gasteiger partial charge in [0.15, 0.2) is 4.96 Å². The average molecular weight is 360 g/mol. The third-order valence-corrected chi connectivity index (χ3v) is 4.57. The first-order valence-electron chi connectivity index (χ1n) is 7.79. The van der Waals surface area contributed by atoms with Gasteiger partial charge in [0, 0.05) is 23.2 Å². The van der Waals surface area contributed by atoms with Crippen LogP contribution in [0.15, 0.2) is 35.1 Å². The molecule has 3 aromatic rings. The maximum absolute atomic E-state index is 12.9. The first-order valence-corrected chi connectivity index (χ1v) is 8.61. The van der Waals surface area contributed by atoms with Crippen molar-refractivity contribution in [2.45, 2.75) is 20.4 Å². The van der Waals surface area contributed by atoms with Gasteiger partial charge in [0.25, 0.3) is 11.5 Å². The molecule has 0 aliphatic rings. The maximum Gasteiger partial charge on any atom is 0.269 e. The molecule has 0 radical (unpaired) electrons. The number of benzene rings is 1. The summed E-state index contributed by atoms with van der Waals surface area (Å²) in [5, 5.41) is 5.80. The first kappa shape index (κ1) is 17.1. The van der Waals surface area contributed by atoms with Crippen molar-refractivity contribution in [3.8, 4) is 0 Å². The lowest BCUT2D eigenvalue weighted by Crippen LogP contribution is -2.28. The van der Waals surface area contributed by atoms with E-state index in [2.05, 4.69) is 15.6 Å². The zero-order chi connectivity index (χ0) is 18.0. The van der Waals surface area contributed by atoms with E-state index in [0.29, 0.717) is 29.4 Å². The van der Waals surface area contributed by atoms with E-state index >= 15 is 0 Å². The molecule has 0 saturated heterocycles. The summed E-state index contributed by atoms with van der Waals surface area (Å²) in [5.74, 6) is -0.595. The number of thiazole rings is 1. The van der Waals surface area contributed by atoms with Crippen LogP contribution in [0.3, 0.4) is 0 Å². The summed E-state index contributed by atoms with van der Waals surface area (Å²) >= 11 is 1.30. The second-order valence-electron chi connectivity index (χ2n) is 5.43. The second-order valence-corrected chi connectivity index (χ2v) is 6.61. The standard InChI is InChI=1S/C17H17FN4O2S/c1-3-19-16(24)15-10(2)25-17-21-13(8-14(23)22(15)17)9-20-12-6-4-11(18)5-7-12/h4-8,20H,3,9H2,1-2H3,(H,19,24). The van der Waals surface area contributed by atoms with Gasteiger partial charge in [-0.15, -0.1) is 11.3 Å². The molecular formula is C17H17FN4O2S. The maximum atomic E-state index is 12.9. The molecule has 2 heterocycles. The van der Waals surface area contributed by atoms with Gasteiger partial charge in [0.05, 0.1) is 12.2 Å². The van der Waals surface area contributed by atoms with Gasteiger partial charge >= 0.3 is 0 Å². The lowest BCUT2D eigenvalue weighted by Gasteiger charge is -2.07. The Balaban J connectivity index is 1.90. The number of hydrogen-bond acceptors (Lipinski definition) is 5. The Morgan fingerprint density at radius 1 is 1.32 bits per heavy atom. The molecule has 6 nitrogen and oxygen atoms in total. The van der Waals surface area contributed by atoms with Crippen molar-refractivity contribution < 1.29 is 9.18 Å². The molecule has 0 unspecified atom stereocenters. The number of aryl methyl sites for hydroxylation is 1. The molecule has 1 amide bonds. The summed E-state index contributed by atoms with van der Waals surface area (Å²) in [5.41, 5.74) is 1.32. The highest BCUT2D eigenvalue weighted by molar-refractivity contribution is 7.17. The number of nitrogens with zero attached hydrogens (tertiary/aromatic N) is 2. The lowest BCUT2D eigenvalue weighted by molar-refractivity contribution is 0.0949. The molecule has 0 bridgehead atoms. The van der Waals surface area contributed by atoms with E-state index in [-0.39, 0.29) is 17.3 Å². The minimum Gasteiger partial charge on any atom is -0.379 e. The Hall–Kier alpha value is -2.74. The molecule has 0 aliphatic carbocycles. The van der Waals surface area contributed by atoms with Crippen molar-refractivity contribution >= 4 is 27.9 Å². The summed E-state index contributed by atoms with van der Waals surface area (Å²) in [6, 6.07) is 7.34. The number of anilines is 1. The van der Waals surface area contributed by atoms with Crippen molar-refractivity contribution in [3.05, 3.63) is 62.8 Å². The average Bonchev–Trinajstić information content (AvgIpc) is 2.91. The molecule has 0 aliphatic heterocycles. The fraction of sp³-hybridized carbons (Fsp3) is 0.235. The monoisotopic (exact) mass is 360 g/mol. The highest BCUT2D eigenvalue weighted by Crippen LogP contribution is 2.20. The van der Waals surface area contributed by atoms with Crippen LogP contribution in [0.25, 0.3) is 4.96 Å². The van der Waals surface area contributed by atoms with Crippen LogP contribution in [0.4, 0.5) is 10.1 Å². The largest absolute Gasteiger partial charge is 0.379 e. The predicted octanol–water partition coefficient (Wildman–Crippen LogP) is 2.57. The van der Waals surface area contributed by atoms with Crippen LogP contribution in [0, 0.1) is 12.7 Å². The normalized spacial score (nSPS) is 10.8. The number of hydrogen-bond donors (Lipinski definition) is 2. The van der Waals surface area contributed by atoms with Crippen molar-refractivity contribution in [1.29, 1.82) is 0 Å². The molecule has 3 rings (SSSR count). The number of carbonyl (C=O) groups excluding carboxylic acids is 1. The number of nitrogens with one attached hydrogen (secondary N) is 2. The van der Waals surface area contributed by atoms with Crippen LogP contribution < -0.4 is 16.2 Å². The van der Waals surface area contributed by atoms with Gasteiger partial charge < -0.3 is 10.6 Å². The molecule has 0 spiro atoms. The highest BCUT2D eigenvalue weighted by Gasteiger charge is 2.18. The molecule has 25 heavy (non-hydrogen) atoms. The summed E-state index contributed by atoms with van der Waals surface area (Å²) < 4.78 is 14.3. The molecular weight excluding hydrogens is 343 g/mol. The summed E-state index contributed by atoms with van der Waals surface area (Å²) in [6.07, 6.45) is 0. The first-order chi connectivity index (χ1) is 12.0. The van der Waals surface area contributed by atoms with Crippen molar-refractivity contribution in [3.63, 3.8) is 0 Å². The fourth-order valence-corrected chi connectivity index (χ4v) is 3.47. The van der Waals surface area contributed by atoms with Gasteiger partial charge in [-0.3, -0.25) is 9.59 Å². The van der Waals surface area contributed by atoms with Crippen LogP contribution in [0.5, 0.6) is 0 Å². The quantitative estimate of drug-likeness (QED) is 0.733. The second kappa shape index (κ2) is 7.02. The Morgan fingerprint density at radius 2 is 2.04 bits per heavy atom. The number of amides is 1. The van der Waals surface area contributed by atoms with Gasteiger partial charge in [0.2, 0.25) is 0 Å². The van der Waals surface area contributed by atoms with Crippen LogP contribution in [0.1, 0.15) is 28.0 Å². The molecule has 0 saturated carbocycles. The van der Waals surface area contributed by atoms with Gasteiger partial charge in [-0.2, -0.15) is 0 Å². The van der Waals surface area contributed by atoms with E-state index < -0.39 is 0 Å². The van der Waals surface area contributed by atoms with Gasteiger partial charge in [0.1, 0.15) is 11.5 Å². The fourth-order valence-electron chi connectivity index (χ4n) is 2.48. The minimum atomic E-state index is -0.310. The molecule has 0 atom stereocenters. The summed E-state index contributed by atoms with van der Waals surface area (Å²) in [7, 11) is 0. The van der Waals surface area contributed by atoms with Crippen LogP contribution in [-0.2, 0) is 6.54 Å². The Bertz CT molecular complexity index is 979. The number of fused-ring (bicyclic) bond motifs is 1. The Morgan fingerprint density at radius 3 is 2.72 bits per heavy atom. The highest BCUT2D eigenvalue weighted by atomic mass is 32.1. The number of carbonyl (C=O) groups is 1. The smallest absolute Gasteiger partial charge is 0.269 e. The Labute approximate surface area is 147 Å². The molecule has 1 aromatic carbocycles. The zero-order valence-corrected chi connectivity index (χ0v) is 14.6. The molecule has 2 N–H and O–H groups in total. The van der Waals surface area contributed by atoms with E-state index in [0.717, 1.165) is 10.6 Å². The topological polar surface area (TPSA) is 75.5 Å². The number of halogens is 1. The van der Waals surface area contributed by atoms with Crippen molar-refractivity contribution in [2.75, 3.05) is 11.9 Å². The van der Waals surface area contributed by atoms with Gasteiger partial charge in [-0.1, -0.05) is 0 Å². The molecule has 8 heteroatoms. The van der Waals surface area contributed by atoms with E-state index in [4.69, 9.17) is 0 Å². The Kier molecular flexibility index (Phi) is 4.80. The van der Waals surface area contributed by atoms with Gasteiger partial charge in [-0.25, -0.2) is 13.8 Å². The number of rotatable bonds is 5. The minimum absolute atomic E-state index is 0.285. The van der Waals surface area contributed by atoms with E-state index in [9.17, 15) is 14.0 Å². The van der Waals surface area contributed by atoms with Crippen molar-refractivity contribution in [2.24, 2.45) is 0 Å². The van der Waals surface area contributed by atoms with E-state index in [1.807, 2.05) is 6.92 Å². The molecule has 0 fully saturated rings. The van der Waals surface area contributed by atoms with Crippen LogP contribution >= 0.6 is 11.3 Å². The predicted molar refractivity (Wildman–Crippen MR) is 95.8 cm³/mol. The lowest BCUT2D eigenvalue weighted by atomic mass is 10.3.